The second-order valence-electron chi connectivity index (χ2n) is 3.98. The van der Waals surface area contributed by atoms with E-state index in [-0.39, 0.29) is 0 Å². The predicted octanol–water partition coefficient (Wildman–Crippen LogP) is 3.26. The molecule has 0 aromatic heterocycles. The zero-order chi connectivity index (χ0) is 13.5. The summed E-state index contributed by atoms with van der Waals surface area (Å²) in [5.41, 5.74) is 0.663. The molecular weight excluding hydrogens is 271 g/mol. The topological polar surface area (TPSA) is 47.3 Å². The van der Waals surface area contributed by atoms with Gasteiger partial charge in [-0.05, 0) is 18.7 Å². The van der Waals surface area contributed by atoms with E-state index in [0.29, 0.717) is 35.1 Å². The number of hydrogen-bond acceptors (Lipinski definition) is 3. The van der Waals surface area contributed by atoms with Crippen LogP contribution in [-0.4, -0.2) is 29.6 Å². The maximum atomic E-state index is 10.1. The van der Waals surface area contributed by atoms with Crippen molar-refractivity contribution in [3.05, 3.63) is 33.8 Å². The maximum Gasteiger partial charge on any atom is 0.0931 e. The first-order valence-electron chi connectivity index (χ1n) is 5.80. The van der Waals surface area contributed by atoms with E-state index in [1.54, 1.807) is 18.2 Å². The lowest BCUT2D eigenvalue weighted by Gasteiger charge is -2.23. The Bertz CT molecular complexity index is 431. The van der Waals surface area contributed by atoms with Gasteiger partial charge in [0.25, 0.3) is 0 Å². The average Bonchev–Trinajstić information content (AvgIpc) is 2.34. The number of aliphatic hydroxyl groups excluding tert-OH is 1. The van der Waals surface area contributed by atoms with E-state index in [1.165, 1.54) is 0 Å². The van der Waals surface area contributed by atoms with Crippen LogP contribution in [0.3, 0.4) is 0 Å². The minimum atomic E-state index is -0.673. The van der Waals surface area contributed by atoms with Crippen molar-refractivity contribution < 1.29 is 5.11 Å². The van der Waals surface area contributed by atoms with Crippen LogP contribution in [0.1, 0.15) is 25.0 Å². The molecule has 0 saturated carbocycles. The molecule has 1 N–H and O–H groups in total. The highest BCUT2D eigenvalue weighted by Crippen LogP contribution is 2.26. The minimum Gasteiger partial charge on any atom is -0.387 e. The third-order valence-corrected chi connectivity index (χ3v) is 3.30. The van der Waals surface area contributed by atoms with E-state index in [2.05, 4.69) is 6.07 Å². The lowest BCUT2D eigenvalue weighted by Crippen LogP contribution is -2.29. The summed E-state index contributed by atoms with van der Waals surface area (Å²) in [6.07, 6.45) is -0.219. The zero-order valence-electron chi connectivity index (χ0n) is 10.2. The lowest BCUT2D eigenvalue weighted by atomic mass is 10.1. The second kappa shape index (κ2) is 7.60. The van der Waals surface area contributed by atoms with Gasteiger partial charge in [0.2, 0.25) is 0 Å². The van der Waals surface area contributed by atoms with Crippen molar-refractivity contribution in [2.75, 3.05) is 19.6 Å². The van der Waals surface area contributed by atoms with Crippen LogP contribution in [0.15, 0.2) is 18.2 Å². The number of halogens is 2. The SMILES string of the molecule is CCN(CCC#N)CC(O)c1ccc(Cl)cc1Cl. The fourth-order valence-electron chi connectivity index (χ4n) is 1.70. The molecular formula is C13H16Cl2N2O. The van der Waals surface area contributed by atoms with Crippen LogP contribution in [0.25, 0.3) is 0 Å². The van der Waals surface area contributed by atoms with Gasteiger partial charge in [0.15, 0.2) is 0 Å². The summed E-state index contributed by atoms with van der Waals surface area (Å²) in [5, 5.41) is 19.7. The van der Waals surface area contributed by atoms with Gasteiger partial charge in [-0.2, -0.15) is 5.26 Å². The van der Waals surface area contributed by atoms with E-state index < -0.39 is 6.10 Å². The Morgan fingerprint density at radius 1 is 1.44 bits per heavy atom. The molecule has 0 aliphatic carbocycles. The number of nitriles is 1. The van der Waals surface area contributed by atoms with Crippen LogP contribution in [0, 0.1) is 11.3 Å². The highest BCUT2D eigenvalue weighted by atomic mass is 35.5. The molecule has 0 spiro atoms. The van der Waals surface area contributed by atoms with Gasteiger partial charge in [0.1, 0.15) is 0 Å². The smallest absolute Gasteiger partial charge is 0.0931 e. The molecule has 0 aliphatic rings. The van der Waals surface area contributed by atoms with Gasteiger partial charge in [-0.25, -0.2) is 0 Å². The molecule has 0 aliphatic heterocycles. The molecule has 0 saturated heterocycles. The number of nitrogens with zero attached hydrogens (tertiary/aromatic N) is 2. The number of aliphatic hydroxyl groups is 1. The van der Waals surface area contributed by atoms with Crippen molar-refractivity contribution in [3.8, 4) is 6.07 Å². The van der Waals surface area contributed by atoms with Crippen molar-refractivity contribution in [2.24, 2.45) is 0 Å². The number of likely N-dealkylation sites (N-methyl/N-ethyl adjacent to an activating group) is 1. The number of rotatable bonds is 6. The van der Waals surface area contributed by atoms with Gasteiger partial charge < -0.3 is 5.11 Å². The highest BCUT2D eigenvalue weighted by molar-refractivity contribution is 6.35. The molecule has 0 heterocycles. The Hall–Kier alpha value is -0.790. The molecule has 1 aromatic carbocycles. The van der Waals surface area contributed by atoms with Crippen molar-refractivity contribution >= 4 is 23.2 Å². The summed E-state index contributed by atoms with van der Waals surface area (Å²) in [6.45, 7) is 3.88. The van der Waals surface area contributed by atoms with Crippen molar-refractivity contribution in [2.45, 2.75) is 19.4 Å². The highest BCUT2D eigenvalue weighted by Gasteiger charge is 2.15. The van der Waals surface area contributed by atoms with Gasteiger partial charge in [-0.3, -0.25) is 4.90 Å². The fourth-order valence-corrected chi connectivity index (χ4v) is 2.24. The lowest BCUT2D eigenvalue weighted by molar-refractivity contribution is 0.117. The van der Waals surface area contributed by atoms with Crippen molar-refractivity contribution in [3.63, 3.8) is 0 Å². The van der Waals surface area contributed by atoms with Gasteiger partial charge in [-0.15, -0.1) is 0 Å². The monoisotopic (exact) mass is 286 g/mol. The minimum absolute atomic E-state index is 0.453. The predicted molar refractivity (Wildman–Crippen MR) is 73.8 cm³/mol. The van der Waals surface area contributed by atoms with Gasteiger partial charge >= 0.3 is 0 Å². The van der Waals surface area contributed by atoms with Crippen LogP contribution < -0.4 is 0 Å². The van der Waals surface area contributed by atoms with E-state index in [9.17, 15) is 5.11 Å². The van der Waals surface area contributed by atoms with E-state index >= 15 is 0 Å². The third kappa shape index (κ3) is 4.47. The van der Waals surface area contributed by atoms with Crippen molar-refractivity contribution in [1.82, 2.24) is 4.90 Å². The van der Waals surface area contributed by atoms with Crippen molar-refractivity contribution in [1.29, 1.82) is 5.26 Å². The Balaban J connectivity index is 2.68. The molecule has 0 fully saturated rings. The molecule has 1 atom stereocenters. The van der Waals surface area contributed by atoms with Gasteiger partial charge in [0, 0.05) is 35.1 Å². The molecule has 1 unspecified atom stereocenters. The Morgan fingerprint density at radius 2 is 2.17 bits per heavy atom. The number of benzene rings is 1. The van der Waals surface area contributed by atoms with E-state index in [1.807, 2.05) is 11.8 Å². The normalized spacial score (nSPS) is 12.4. The molecule has 0 amide bonds. The molecule has 18 heavy (non-hydrogen) atoms. The molecule has 0 bridgehead atoms. The molecule has 5 heteroatoms. The summed E-state index contributed by atoms with van der Waals surface area (Å²) in [7, 11) is 0. The standard InChI is InChI=1S/C13H16Cl2N2O/c1-2-17(7-3-6-16)9-13(18)11-5-4-10(14)8-12(11)15/h4-5,8,13,18H,2-3,7,9H2,1H3. The Morgan fingerprint density at radius 3 is 2.72 bits per heavy atom. The second-order valence-corrected chi connectivity index (χ2v) is 4.83. The largest absolute Gasteiger partial charge is 0.387 e. The molecule has 98 valence electrons. The summed E-state index contributed by atoms with van der Waals surface area (Å²) >= 11 is 11.9. The summed E-state index contributed by atoms with van der Waals surface area (Å²) in [4.78, 5) is 2.01. The fraction of sp³-hybridized carbons (Fsp3) is 0.462. The van der Waals surface area contributed by atoms with Crippen LogP contribution >= 0.6 is 23.2 Å². The third-order valence-electron chi connectivity index (χ3n) is 2.74. The first-order chi connectivity index (χ1) is 8.58. The van der Waals surface area contributed by atoms with Gasteiger partial charge in [-0.1, -0.05) is 36.2 Å². The van der Waals surface area contributed by atoms with Crippen LogP contribution in [0.4, 0.5) is 0 Å². The molecule has 0 radical (unpaired) electrons. The maximum absolute atomic E-state index is 10.1. The summed E-state index contributed by atoms with van der Waals surface area (Å²) in [5.74, 6) is 0. The Kier molecular flexibility index (Phi) is 6.45. The first kappa shape index (κ1) is 15.3. The van der Waals surface area contributed by atoms with E-state index in [4.69, 9.17) is 28.5 Å². The molecule has 1 aromatic rings. The van der Waals surface area contributed by atoms with Crippen LogP contribution in [0.2, 0.25) is 10.0 Å². The van der Waals surface area contributed by atoms with Crippen LogP contribution in [0.5, 0.6) is 0 Å². The number of hydrogen-bond donors (Lipinski definition) is 1. The average molecular weight is 287 g/mol. The molecule has 1 rings (SSSR count). The Labute approximate surface area is 118 Å². The van der Waals surface area contributed by atoms with Gasteiger partial charge in [0.05, 0.1) is 12.2 Å². The van der Waals surface area contributed by atoms with E-state index in [0.717, 1.165) is 6.54 Å². The van der Waals surface area contributed by atoms with Crippen LogP contribution in [-0.2, 0) is 0 Å². The summed E-state index contributed by atoms with van der Waals surface area (Å²) in [6, 6.07) is 7.15. The quantitative estimate of drug-likeness (QED) is 0.873. The molecule has 3 nitrogen and oxygen atoms in total. The summed E-state index contributed by atoms with van der Waals surface area (Å²) < 4.78 is 0. The first-order valence-corrected chi connectivity index (χ1v) is 6.56. The zero-order valence-corrected chi connectivity index (χ0v) is 11.7.